The monoisotopic (exact) mass is 386 g/mol. The van der Waals surface area contributed by atoms with Gasteiger partial charge >= 0.3 is 5.97 Å². The molecule has 0 aliphatic rings. The first kappa shape index (κ1) is 18.9. The third kappa shape index (κ3) is 4.65. The fourth-order valence-electron chi connectivity index (χ4n) is 2.65. The summed E-state index contributed by atoms with van der Waals surface area (Å²) in [4.78, 5) is 29.8. The van der Waals surface area contributed by atoms with E-state index in [4.69, 9.17) is 20.8 Å². The molecule has 0 saturated heterocycles. The van der Waals surface area contributed by atoms with Gasteiger partial charge in [0.25, 0.3) is 5.91 Å². The maximum atomic E-state index is 12.5. The number of hydrogen-bond acceptors (Lipinski definition) is 5. The van der Waals surface area contributed by atoms with Crippen molar-refractivity contribution in [3.8, 4) is 0 Å². The summed E-state index contributed by atoms with van der Waals surface area (Å²) in [5, 5.41) is 0.673. The molecule has 0 spiro atoms. The fourth-order valence-corrected chi connectivity index (χ4v) is 2.78. The molecule has 1 heterocycles. The number of likely N-dealkylation sites (N-methyl/N-ethyl adjacent to an activating group) is 1. The zero-order valence-corrected chi connectivity index (χ0v) is 15.8. The van der Waals surface area contributed by atoms with Gasteiger partial charge in [0.1, 0.15) is 12.1 Å². The molecule has 0 atom stereocenters. The molecule has 0 unspecified atom stereocenters. The van der Waals surface area contributed by atoms with E-state index in [1.807, 2.05) is 24.3 Å². The van der Waals surface area contributed by atoms with E-state index < -0.39 is 5.97 Å². The van der Waals surface area contributed by atoms with Crippen LogP contribution in [0.2, 0.25) is 5.02 Å². The Morgan fingerprint density at radius 2 is 1.93 bits per heavy atom. The van der Waals surface area contributed by atoms with Crippen LogP contribution in [-0.2, 0) is 16.0 Å². The number of nitrogens with zero attached hydrogens (tertiary/aromatic N) is 2. The SMILES string of the molecule is CCOC(=O)CN(C)C(=O)c1ccc2oc(Cc3ccc(Cl)cc3)nc2c1. The maximum Gasteiger partial charge on any atom is 0.325 e. The molecule has 0 aliphatic heterocycles. The van der Waals surface area contributed by atoms with Gasteiger partial charge in [-0.1, -0.05) is 23.7 Å². The third-order valence-electron chi connectivity index (χ3n) is 3.97. The Hall–Kier alpha value is -2.86. The van der Waals surface area contributed by atoms with Crippen LogP contribution in [0.25, 0.3) is 11.1 Å². The molecule has 0 aliphatic carbocycles. The molecule has 0 fully saturated rings. The number of amides is 1. The second-order valence-corrected chi connectivity index (χ2v) is 6.50. The number of rotatable bonds is 6. The molecular weight excluding hydrogens is 368 g/mol. The number of halogens is 1. The van der Waals surface area contributed by atoms with Crippen LogP contribution in [-0.4, -0.2) is 42.0 Å². The van der Waals surface area contributed by atoms with Crippen LogP contribution < -0.4 is 0 Å². The Morgan fingerprint density at radius 1 is 1.19 bits per heavy atom. The lowest BCUT2D eigenvalue weighted by Gasteiger charge is -2.15. The van der Waals surface area contributed by atoms with Crippen molar-refractivity contribution < 1.29 is 18.7 Å². The molecule has 140 valence electrons. The number of ether oxygens (including phenoxy) is 1. The Balaban J connectivity index is 1.76. The first-order valence-electron chi connectivity index (χ1n) is 8.51. The Labute approximate surface area is 161 Å². The van der Waals surface area contributed by atoms with Crippen molar-refractivity contribution in [2.75, 3.05) is 20.2 Å². The van der Waals surface area contributed by atoms with E-state index in [-0.39, 0.29) is 19.1 Å². The molecular formula is C20H19ClN2O4. The van der Waals surface area contributed by atoms with Crippen molar-refractivity contribution >= 4 is 34.6 Å². The van der Waals surface area contributed by atoms with Crippen LogP contribution in [0.3, 0.4) is 0 Å². The number of fused-ring (bicyclic) bond motifs is 1. The predicted octanol–water partition coefficient (Wildman–Crippen LogP) is 3.71. The quantitative estimate of drug-likeness (QED) is 0.604. The number of benzene rings is 2. The Kier molecular flexibility index (Phi) is 5.76. The van der Waals surface area contributed by atoms with Gasteiger partial charge in [-0.15, -0.1) is 0 Å². The smallest absolute Gasteiger partial charge is 0.325 e. The van der Waals surface area contributed by atoms with Gasteiger partial charge in [0, 0.05) is 24.1 Å². The standard InChI is InChI=1S/C20H19ClN2O4/c1-3-26-19(24)12-23(2)20(25)14-6-9-17-16(11-14)22-18(27-17)10-13-4-7-15(21)8-5-13/h4-9,11H,3,10,12H2,1-2H3. The third-order valence-corrected chi connectivity index (χ3v) is 4.22. The number of carbonyl (C=O) groups excluding carboxylic acids is 2. The molecule has 2 aromatic carbocycles. The van der Waals surface area contributed by atoms with Crippen LogP contribution in [0.1, 0.15) is 28.7 Å². The molecule has 0 radical (unpaired) electrons. The summed E-state index contributed by atoms with van der Waals surface area (Å²) in [6.45, 7) is 1.90. The highest BCUT2D eigenvalue weighted by atomic mass is 35.5. The molecule has 3 aromatic rings. The van der Waals surface area contributed by atoms with E-state index in [1.54, 1.807) is 32.2 Å². The Morgan fingerprint density at radius 3 is 2.63 bits per heavy atom. The van der Waals surface area contributed by atoms with Crippen molar-refractivity contribution in [1.29, 1.82) is 0 Å². The zero-order chi connectivity index (χ0) is 19.4. The first-order valence-corrected chi connectivity index (χ1v) is 8.89. The lowest BCUT2D eigenvalue weighted by molar-refractivity contribution is -0.143. The number of aromatic nitrogens is 1. The molecule has 1 amide bonds. The van der Waals surface area contributed by atoms with Crippen LogP contribution in [0.4, 0.5) is 0 Å². The predicted molar refractivity (Wildman–Crippen MR) is 102 cm³/mol. The van der Waals surface area contributed by atoms with Crippen LogP contribution >= 0.6 is 11.6 Å². The van der Waals surface area contributed by atoms with Crippen molar-refractivity contribution in [3.05, 3.63) is 64.5 Å². The molecule has 6 nitrogen and oxygen atoms in total. The maximum absolute atomic E-state index is 12.5. The summed E-state index contributed by atoms with van der Waals surface area (Å²) in [5.74, 6) is -0.176. The van der Waals surface area contributed by atoms with Crippen molar-refractivity contribution in [2.24, 2.45) is 0 Å². The average molecular weight is 387 g/mol. The number of oxazole rings is 1. The normalized spacial score (nSPS) is 10.8. The minimum absolute atomic E-state index is 0.106. The van der Waals surface area contributed by atoms with Gasteiger partial charge in [-0.2, -0.15) is 0 Å². The minimum atomic E-state index is -0.443. The van der Waals surface area contributed by atoms with E-state index in [1.165, 1.54) is 4.90 Å². The molecule has 3 rings (SSSR count). The van der Waals surface area contributed by atoms with Crippen molar-refractivity contribution in [3.63, 3.8) is 0 Å². The topological polar surface area (TPSA) is 72.6 Å². The van der Waals surface area contributed by atoms with Gasteiger partial charge in [0.2, 0.25) is 0 Å². The lowest BCUT2D eigenvalue weighted by atomic mass is 10.1. The highest BCUT2D eigenvalue weighted by Crippen LogP contribution is 2.20. The van der Waals surface area contributed by atoms with Crippen LogP contribution in [0, 0.1) is 0 Å². The second-order valence-electron chi connectivity index (χ2n) is 6.06. The zero-order valence-electron chi connectivity index (χ0n) is 15.1. The highest BCUT2D eigenvalue weighted by Gasteiger charge is 2.17. The van der Waals surface area contributed by atoms with Gasteiger partial charge in [0.15, 0.2) is 11.5 Å². The summed E-state index contributed by atoms with van der Waals surface area (Å²) in [5.41, 5.74) is 2.65. The van der Waals surface area contributed by atoms with E-state index >= 15 is 0 Å². The molecule has 0 saturated carbocycles. The van der Waals surface area contributed by atoms with E-state index in [2.05, 4.69) is 4.98 Å². The van der Waals surface area contributed by atoms with E-state index in [9.17, 15) is 9.59 Å². The van der Waals surface area contributed by atoms with Crippen LogP contribution in [0.5, 0.6) is 0 Å². The largest absolute Gasteiger partial charge is 0.465 e. The molecule has 0 N–H and O–H groups in total. The highest BCUT2D eigenvalue weighted by molar-refractivity contribution is 6.30. The van der Waals surface area contributed by atoms with Gasteiger partial charge in [-0.3, -0.25) is 9.59 Å². The summed E-state index contributed by atoms with van der Waals surface area (Å²) in [6.07, 6.45) is 0.526. The number of hydrogen-bond donors (Lipinski definition) is 0. The molecule has 27 heavy (non-hydrogen) atoms. The Bertz CT molecular complexity index is 966. The average Bonchev–Trinajstić information content (AvgIpc) is 3.04. The molecule has 1 aromatic heterocycles. The summed E-state index contributed by atoms with van der Waals surface area (Å²) < 4.78 is 10.6. The first-order chi connectivity index (χ1) is 13.0. The number of carbonyl (C=O) groups is 2. The van der Waals surface area contributed by atoms with Crippen LogP contribution in [0.15, 0.2) is 46.9 Å². The number of esters is 1. The minimum Gasteiger partial charge on any atom is -0.465 e. The van der Waals surface area contributed by atoms with Crippen molar-refractivity contribution in [1.82, 2.24) is 9.88 Å². The van der Waals surface area contributed by atoms with Gasteiger partial charge in [0.05, 0.1) is 6.61 Å². The lowest BCUT2D eigenvalue weighted by Crippen LogP contribution is -2.33. The molecule has 0 bridgehead atoms. The summed E-state index contributed by atoms with van der Waals surface area (Å²) >= 11 is 5.90. The van der Waals surface area contributed by atoms with Gasteiger partial charge < -0.3 is 14.1 Å². The van der Waals surface area contributed by atoms with Crippen molar-refractivity contribution in [2.45, 2.75) is 13.3 Å². The summed E-state index contributed by atoms with van der Waals surface area (Å²) in [7, 11) is 1.55. The second kappa shape index (κ2) is 8.22. The van der Waals surface area contributed by atoms with Gasteiger partial charge in [-0.25, -0.2) is 4.98 Å². The summed E-state index contributed by atoms with van der Waals surface area (Å²) in [6, 6.07) is 12.5. The van der Waals surface area contributed by atoms with E-state index in [0.717, 1.165) is 5.56 Å². The van der Waals surface area contributed by atoms with Gasteiger partial charge in [-0.05, 0) is 42.8 Å². The molecule has 7 heteroatoms. The fraction of sp³-hybridized carbons (Fsp3) is 0.250. The van der Waals surface area contributed by atoms with E-state index in [0.29, 0.717) is 34.0 Å².